The van der Waals surface area contributed by atoms with Crippen molar-refractivity contribution in [2.24, 2.45) is 0 Å². The maximum atomic E-state index is 11.8. The number of rotatable bonds is 2. The minimum absolute atomic E-state index is 0.000926. The Bertz CT molecular complexity index is 253. The van der Waals surface area contributed by atoms with Crippen molar-refractivity contribution >= 4 is 6.03 Å². The Morgan fingerprint density at radius 2 is 2.00 bits per heavy atom. The first kappa shape index (κ1) is 12.6. The zero-order valence-corrected chi connectivity index (χ0v) is 10.7. The molecule has 2 aliphatic heterocycles. The van der Waals surface area contributed by atoms with Gasteiger partial charge in [0.25, 0.3) is 0 Å². The fourth-order valence-corrected chi connectivity index (χ4v) is 2.67. The summed E-state index contributed by atoms with van der Waals surface area (Å²) in [6, 6.07) is 0.606. The van der Waals surface area contributed by atoms with Crippen LogP contribution >= 0.6 is 0 Å². The highest BCUT2D eigenvalue weighted by atomic mass is 16.2. The lowest BCUT2D eigenvalue weighted by Gasteiger charge is -2.31. The van der Waals surface area contributed by atoms with Crippen LogP contribution in [0.1, 0.15) is 25.7 Å². The molecule has 0 aliphatic carbocycles. The van der Waals surface area contributed by atoms with E-state index in [1.165, 1.54) is 6.42 Å². The minimum atomic E-state index is -0.000926. The molecule has 2 unspecified atom stereocenters. The monoisotopic (exact) mass is 240 g/mol. The van der Waals surface area contributed by atoms with E-state index in [1.54, 1.807) is 0 Å². The third-order valence-electron chi connectivity index (χ3n) is 3.59. The molecule has 2 amide bonds. The van der Waals surface area contributed by atoms with Crippen molar-refractivity contribution in [3.05, 3.63) is 0 Å². The lowest BCUT2D eigenvalue weighted by atomic mass is 10.1. The number of hydrogen-bond donors (Lipinski definition) is 3. The van der Waals surface area contributed by atoms with Gasteiger partial charge in [0, 0.05) is 25.2 Å². The summed E-state index contributed by atoms with van der Waals surface area (Å²) in [5.41, 5.74) is 0. The van der Waals surface area contributed by atoms with Gasteiger partial charge in [-0.2, -0.15) is 0 Å². The van der Waals surface area contributed by atoms with Crippen LogP contribution in [-0.4, -0.2) is 56.2 Å². The van der Waals surface area contributed by atoms with Crippen LogP contribution in [0.15, 0.2) is 0 Å². The number of piperidine rings is 2. The molecule has 2 fully saturated rings. The molecule has 3 N–H and O–H groups in total. The Kier molecular flexibility index (Phi) is 4.62. The molecule has 2 atom stereocenters. The van der Waals surface area contributed by atoms with E-state index < -0.39 is 0 Å². The molecule has 5 nitrogen and oxygen atoms in total. The van der Waals surface area contributed by atoms with E-state index in [0.29, 0.717) is 12.1 Å². The molecular formula is C12H24N4O. The van der Waals surface area contributed by atoms with Gasteiger partial charge in [0.15, 0.2) is 0 Å². The van der Waals surface area contributed by atoms with Crippen molar-refractivity contribution in [3.8, 4) is 0 Å². The maximum Gasteiger partial charge on any atom is 0.315 e. The van der Waals surface area contributed by atoms with Gasteiger partial charge in [0.05, 0.1) is 0 Å². The van der Waals surface area contributed by atoms with Crippen molar-refractivity contribution < 1.29 is 4.79 Å². The zero-order chi connectivity index (χ0) is 12.1. The van der Waals surface area contributed by atoms with Crippen LogP contribution in [0, 0.1) is 0 Å². The van der Waals surface area contributed by atoms with Crippen LogP contribution in [0.5, 0.6) is 0 Å². The number of carbonyl (C=O) groups excluding carboxylic acids is 1. The van der Waals surface area contributed by atoms with Gasteiger partial charge in [-0.3, -0.25) is 0 Å². The van der Waals surface area contributed by atoms with E-state index >= 15 is 0 Å². The molecule has 0 spiro atoms. The molecule has 2 rings (SSSR count). The average molecular weight is 240 g/mol. The van der Waals surface area contributed by atoms with E-state index in [4.69, 9.17) is 0 Å². The van der Waals surface area contributed by atoms with Crippen LogP contribution < -0.4 is 16.0 Å². The molecule has 98 valence electrons. The van der Waals surface area contributed by atoms with Crippen molar-refractivity contribution in [2.75, 3.05) is 33.2 Å². The fraction of sp³-hybridized carbons (Fsp3) is 0.917. The molecule has 0 aromatic carbocycles. The Labute approximate surface area is 103 Å². The van der Waals surface area contributed by atoms with Crippen LogP contribution in [-0.2, 0) is 0 Å². The summed E-state index contributed by atoms with van der Waals surface area (Å²) in [4.78, 5) is 14.1. The first-order valence-electron chi connectivity index (χ1n) is 6.70. The number of nitrogens with zero attached hydrogens (tertiary/aromatic N) is 1. The first-order valence-corrected chi connectivity index (χ1v) is 6.70. The number of amides is 2. The molecule has 2 heterocycles. The number of carbonyl (C=O) groups is 1. The summed E-state index contributed by atoms with van der Waals surface area (Å²) in [6.45, 7) is 4.09. The van der Waals surface area contributed by atoms with Crippen molar-refractivity contribution in [1.82, 2.24) is 20.9 Å². The van der Waals surface area contributed by atoms with Gasteiger partial charge in [-0.15, -0.1) is 0 Å². The lowest BCUT2D eigenvalue weighted by molar-refractivity contribution is 0.205. The smallest absolute Gasteiger partial charge is 0.315 e. The Hall–Kier alpha value is -0.810. The third kappa shape index (κ3) is 4.16. The Morgan fingerprint density at radius 3 is 2.71 bits per heavy atom. The van der Waals surface area contributed by atoms with Gasteiger partial charge in [0.2, 0.25) is 0 Å². The average Bonchev–Trinajstić information content (AvgIpc) is 2.30. The lowest BCUT2D eigenvalue weighted by Crippen LogP contribution is -2.54. The maximum absolute atomic E-state index is 11.8. The molecular weight excluding hydrogens is 216 g/mol. The highest BCUT2D eigenvalue weighted by Crippen LogP contribution is 2.08. The summed E-state index contributed by atoms with van der Waals surface area (Å²) in [6.07, 6.45) is 4.51. The number of urea groups is 1. The molecule has 5 heteroatoms. The SMILES string of the molecule is CN1CCCC(NC(=O)NC2CCCNC2)C1. The van der Waals surface area contributed by atoms with Crippen molar-refractivity contribution in [3.63, 3.8) is 0 Å². The van der Waals surface area contributed by atoms with Crippen LogP contribution in [0.2, 0.25) is 0 Å². The Morgan fingerprint density at radius 1 is 1.24 bits per heavy atom. The second kappa shape index (κ2) is 6.21. The predicted octanol–water partition coefficient (Wildman–Crippen LogP) is 0.132. The molecule has 0 bridgehead atoms. The normalized spacial score (nSPS) is 30.9. The van der Waals surface area contributed by atoms with Gasteiger partial charge >= 0.3 is 6.03 Å². The topological polar surface area (TPSA) is 56.4 Å². The molecule has 0 aromatic rings. The predicted molar refractivity (Wildman–Crippen MR) is 68.1 cm³/mol. The van der Waals surface area contributed by atoms with Gasteiger partial charge in [-0.1, -0.05) is 0 Å². The molecule has 0 aromatic heterocycles. The third-order valence-corrected chi connectivity index (χ3v) is 3.59. The summed E-state index contributed by atoms with van der Waals surface area (Å²) in [5.74, 6) is 0. The number of likely N-dealkylation sites (tertiary alicyclic amines) is 1. The van der Waals surface area contributed by atoms with Crippen molar-refractivity contribution in [1.29, 1.82) is 0 Å². The van der Waals surface area contributed by atoms with Gasteiger partial charge < -0.3 is 20.9 Å². The highest BCUT2D eigenvalue weighted by Gasteiger charge is 2.20. The fourth-order valence-electron chi connectivity index (χ4n) is 2.67. The molecule has 0 saturated carbocycles. The molecule has 2 saturated heterocycles. The summed E-state index contributed by atoms with van der Waals surface area (Å²) < 4.78 is 0. The largest absolute Gasteiger partial charge is 0.334 e. The van der Waals surface area contributed by atoms with E-state index in [2.05, 4.69) is 27.9 Å². The van der Waals surface area contributed by atoms with Gasteiger partial charge in [0.1, 0.15) is 0 Å². The van der Waals surface area contributed by atoms with E-state index in [9.17, 15) is 4.79 Å². The van der Waals surface area contributed by atoms with Gasteiger partial charge in [-0.05, 0) is 45.8 Å². The second-order valence-corrected chi connectivity index (χ2v) is 5.26. The minimum Gasteiger partial charge on any atom is -0.334 e. The van der Waals surface area contributed by atoms with Crippen LogP contribution in [0.3, 0.4) is 0 Å². The zero-order valence-electron chi connectivity index (χ0n) is 10.7. The standard InChI is InChI=1S/C12H24N4O/c1-16-7-3-5-11(9-16)15-12(17)14-10-4-2-6-13-8-10/h10-11,13H,2-9H2,1H3,(H2,14,15,17). The number of hydrogen-bond acceptors (Lipinski definition) is 3. The molecule has 2 aliphatic rings. The number of likely N-dealkylation sites (N-methyl/N-ethyl adjacent to an activating group) is 1. The number of nitrogens with one attached hydrogen (secondary N) is 3. The quantitative estimate of drug-likeness (QED) is 0.643. The van der Waals surface area contributed by atoms with E-state index in [1.807, 2.05) is 0 Å². The second-order valence-electron chi connectivity index (χ2n) is 5.26. The van der Waals surface area contributed by atoms with E-state index in [0.717, 1.165) is 45.4 Å². The van der Waals surface area contributed by atoms with Crippen LogP contribution in [0.4, 0.5) is 4.79 Å². The highest BCUT2D eigenvalue weighted by molar-refractivity contribution is 5.74. The van der Waals surface area contributed by atoms with Crippen molar-refractivity contribution in [2.45, 2.75) is 37.8 Å². The van der Waals surface area contributed by atoms with Gasteiger partial charge in [-0.25, -0.2) is 4.79 Å². The van der Waals surface area contributed by atoms with Crippen LogP contribution in [0.25, 0.3) is 0 Å². The Balaban J connectivity index is 1.68. The molecule has 0 radical (unpaired) electrons. The summed E-state index contributed by atoms with van der Waals surface area (Å²) >= 11 is 0. The summed E-state index contributed by atoms with van der Waals surface area (Å²) in [5, 5.41) is 9.43. The van der Waals surface area contributed by atoms with E-state index in [-0.39, 0.29) is 6.03 Å². The first-order chi connectivity index (χ1) is 8.24. The molecule has 17 heavy (non-hydrogen) atoms. The summed E-state index contributed by atoms with van der Waals surface area (Å²) in [7, 11) is 2.11.